The molecule has 0 aliphatic carbocycles. The van der Waals surface area contributed by atoms with Crippen LogP contribution in [0.5, 0.6) is 5.75 Å². The monoisotopic (exact) mass is 390 g/mol. The molecule has 140 valence electrons. The summed E-state index contributed by atoms with van der Waals surface area (Å²) in [6.45, 7) is 6.53. The Hall–Kier alpha value is -3.26. The highest BCUT2D eigenvalue weighted by molar-refractivity contribution is 7.16. The Bertz CT molecular complexity index is 1320. The standard InChI is InChI=1S/C20H18N6OS/c1-12-7-8-15(10-13(12)2)27-11-17-24-26-19(22-23-20(26)28-17)18-14(3)21-16-6-4-5-9-25(16)18/h4-10H,11H2,1-3H3. The average molecular weight is 390 g/mol. The van der Waals surface area contributed by atoms with E-state index in [4.69, 9.17) is 4.74 Å². The molecule has 0 unspecified atom stereocenters. The Kier molecular flexibility index (Phi) is 3.87. The van der Waals surface area contributed by atoms with E-state index in [-0.39, 0.29) is 0 Å². The lowest BCUT2D eigenvalue weighted by Crippen LogP contribution is -1.99. The van der Waals surface area contributed by atoms with Gasteiger partial charge in [-0.3, -0.25) is 4.40 Å². The molecule has 1 aromatic carbocycles. The molecule has 8 heteroatoms. The largest absolute Gasteiger partial charge is 0.486 e. The zero-order valence-electron chi connectivity index (χ0n) is 15.7. The minimum atomic E-state index is 0.391. The molecule has 0 radical (unpaired) electrons. The molecule has 5 rings (SSSR count). The van der Waals surface area contributed by atoms with Crippen LogP contribution in [0.2, 0.25) is 0 Å². The van der Waals surface area contributed by atoms with Gasteiger partial charge in [0.05, 0.1) is 5.69 Å². The summed E-state index contributed by atoms with van der Waals surface area (Å²) in [4.78, 5) is 5.34. The van der Waals surface area contributed by atoms with Gasteiger partial charge in [-0.05, 0) is 56.2 Å². The molecule has 0 aliphatic heterocycles. The predicted molar refractivity (Wildman–Crippen MR) is 108 cm³/mol. The molecule has 0 amide bonds. The SMILES string of the molecule is Cc1ccc(OCc2nn3c(-c4c(C)nc5ccccn45)nnc3s2)cc1C. The van der Waals surface area contributed by atoms with Crippen molar-refractivity contribution < 1.29 is 4.74 Å². The Morgan fingerprint density at radius 1 is 1.04 bits per heavy atom. The number of aromatic nitrogens is 6. The third-order valence-electron chi connectivity index (χ3n) is 4.79. The highest BCUT2D eigenvalue weighted by Crippen LogP contribution is 2.26. The summed E-state index contributed by atoms with van der Waals surface area (Å²) in [5.74, 6) is 1.52. The van der Waals surface area contributed by atoms with Crippen LogP contribution >= 0.6 is 11.3 Å². The van der Waals surface area contributed by atoms with Crippen molar-refractivity contribution in [2.24, 2.45) is 0 Å². The van der Waals surface area contributed by atoms with Crippen molar-refractivity contribution in [3.63, 3.8) is 0 Å². The lowest BCUT2D eigenvalue weighted by atomic mass is 10.1. The van der Waals surface area contributed by atoms with Gasteiger partial charge >= 0.3 is 0 Å². The van der Waals surface area contributed by atoms with Gasteiger partial charge in [-0.25, -0.2) is 4.98 Å². The molecular formula is C20H18N6OS. The van der Waals surface area contributed by atoms with Gasteiger partial charge in [-0.2, -0.15) is 9.61 Å². The van der Waals surface area contributed by atoms with Gasteiger partial charge < -0.3 is 4.74 Å². The first kappa shape index (κ1) is 16.9. The summed E-state index contributed by atoms with van der Waals surface area (Å²) in [5, 5.41) is 14.2. The number of hydrogen-bond donors (Lipinski definition) is 0. The highest BCUT2D eigenvalue weighted by Gasteiger charge is 2.19. The fourth-order valence-corrected chi connectivity index (χ4v) is 3.94. The van der Waals surface area contributed by atoms with E-state index in [0.29, 0.717) is 12.4 Å². The molecule has 0 fully saturated rings. The summed E-state index contributed by atoms with van der Waals surface area (Å²) in [5.41, 5.74) is 5.12. The molecule has 0 bridgehead atoms. The maximum absolute atomic E-state index is 5.92. The van der Waals surface area contributed by atoms with E-state index >= 15 is 0 Å². The maximum Gasteiger partial charge on any atom is 0.235 e. The van der Waals surface area contributed by atoms with E-state index in [0.717, 1.165) is 32.8 Å². The first-order chi connectivity index (χ1) is 13.6. The first-order valence-electron chi connectivity index (χ1n) is 8.95. The number of imidazole rings is 1. The van der Waals surface area contributed by atoms with Gasteiger partial charge in [0.2, 0.25) is 10.8 Å². The maximum atomic E-state index is 5.92. The van der Waals surface area contributed by atoms with Gasteiger partial charge in [-0.15, -0.1) is 10.2 Å². The number of aryl methyl sites for hydroxylation is 3. The second-order valence-corrected chi connectivity index (χ2v) is 7.76. The number of fused-ring (bicyclic) bond motifs is 2. The second kappa shape index (κ2) is 6.42. The topological polar surface area (TPSA) is 69.6 Å². The lowest BCUT2D eigenvalue weighted by molar-refractivity contribution is 0.304. The fraction of sp³-hybridized carbons (Fsp3) is 0.200. The smallest absolute Gasteiger partial charge is 0.235 e. The molecule has 5 aromatic rings. The summed E-state index contributed by atoms with van der Waals surface area (Å²) >= 11 is 1.48. The number of pyridine rings is 1. The van der Waals surface area contributed by atoms with Crippen LogP contribution in [-0.4, -0.2) is 29.2 Å². The van der Waals surface area contributed by atoms with E-state index in [1.165, 1.54) is 22.5 Å². The lowest BCUT2D eigenvalue weighted by Gasteiger charge is -2.06. The van der Waals surface area contributed by atoms with E-state index in [9.17, 15) is 0 Å². The van der Waals surface area contributed by atoms with Crippen LogP contribution in [0.25, 0.3) is 22.1 Å². The molecule has 7 nitrogen and oxygen atoms in total. The second-order valence-electron chi connectivity index (χ2n) is 6.72. The van der Waals surface area contributed by atoms with E-state index in [1.807, 2.05) is 47.9 Å². The zero-order chi connectivity index (χ0) is 19.3. The molecule has 0 aliphatic rings. The van der Waals surface area contributed by atoms with Crippen LogP contribution < -0.4 is 4.74 Å². The molecule has 0 saturated heterocycles. The zero-order valence-corrected chi connectivity index (χ0v) is 16.6. The summed E-state index contributed by atoms with van der Waals surface area (Å²) < 4.78 is 9.70. The number of benzene rings is 1. The number of nitrogens with zero attached hydrogens (tertiary/aromatic N) is 6. The summed E-state index contributed by atoms with van der Waals surface area (Å²) in [6, 6.07) is 12.0. The van der Waals surface area contributed by atoms with Crippen LogP contribution in [0.3, 0.4) is 0 Å². The van der Waals surface area contributed by atoms with E-state index in [2.05, 4.69) is 40.2 Å². The van der Waals surface area contributed by atoms with E-state index in [1.54, 1.807) is 4.52 Å². The van der Waals surface area contributed by atoms with Crippen molar-refractivity contribution in [1.29, 1.82) is 0 Å². The third-order valence-corrected chi connectivity index (χ3v) is 5.66. The summed E-state index contributed by atoms with van der Waals surface area (Å²) in [7, 11) is 0. The van der Waals surface area contributed by atoms with Crippen molar-refractivity contribution >= 4 is 21.9 Å². The molecule has 0 atom stereocenters. The van der Waals surface area contributed by atoms with Crippen molar-refractivity contribution in [1.82, 2.24) is 29.2 Å². The van der Waals surface area contributed by atoms with E-state index < -0.39 is 0 Å². The third kappa shape index (κ3) is 2.73. The van der Waals surface area contributed by atoms with Crippen LogP contribution in [0.4, 0.5) is 0 Å². The summed E-state index contributed by atoms with van der Waals surface area (Å²) in [6.07, 6.45) is 1.97. The quantitative estimate of drug-likeness (QED) is 0.464. The number of hydrogen-bond acceptors (Lipinski definition) is 6. The Morgan fingerprint density at radius 2 is 1.93 bits per heavy atom. The van der Waals surface area contributed by atoms with Crippen molar-refractivity contribution in [2.75, 3.05) is 0 Å². The fourth-order valence-electron chi connectivity index (χ4n) is 3.19. The van der Waals surface area contributed by atoms with Crippen LogP contribution in [0, 0.1) is 20.8 Å². The molecule has 4 aromatic heterocycles. The predicted octanol–water partition coefficient (Wildman–Crippen LogP) is 4.00. The number of ether oxygens (including phenoxy) is 1. The molecule has 28 heavy (non-hydrogen) atoms. The minimum absolute atomic E-state index is 0.391. The van der Waals surface area contributed by atoms with Crippen molar-refractivity contribution in [3.05, 3.63) is 64.4 Å². The van der Waals surface area contributed by atoms with Gasteiger partial charge in [0.15, 0.2) is 5.01 Å². The first-order valence-corrected chi connectivity index (χ1v) is 9.77. The molecule has 0 spiro atoms. The minimum Gasteiger partial charge on any atom is -0.486 e. The van der Waals surface area contributed by atoms with Crippen LogP contribution in [0.15, 0.2) is 42.6 Å². The normalized spacial score (nSPS) is 11.5. The molecule has 0 saturated carbocycles. The van der Waals surface area contributed by atoms with Crippen molar-refractivity contribution in [3.8, 4) is 17.3 Å². The van der Waals surface area contributed by atoms with Gasteiger partial charge in [0, 0.05) is 6.20 Å². The Labute approximate surface area is 165 Å². The molecule has 4 heterocycles. The molecular weight excluding hydrogens is 372 g/mol. The van der Waals surface area contributed by atoms with Gasteiger partial charge in [0.25, 0.3) is 0 Å². The Morgan fingerprint density at radius 3 is 2.79 bits per heavy atom. The highest BCUT2D eigenvalue weighted by atomic mass is 32.1. The van der Waals surface area contributed by atoms with Gasteiger partial charge in [-0.1, -0.05) is 23.5 Å². The van der Waals surface area contributed by atoms with Crippen LogP contribution in [0.1, 0.15) is 21.8 Å². The van der Waals surface area contributed by atoms with Crippen LogP contribution in [-0.2, 0) is 6.61 Å². The number of rotatable bonds is 4. The molecule has 0 N–H and O–H groups in total. The average Bonchev–Trinajstić information content (AvgIpc) is 3.34. The Balaban J connectivity index is 1.48. The van der Waals surface area contributed by atoms with Gasteiger partial charge in [0.1, 0.15) is 23.7 Å². The van der Waals surface area contributed by atoms with Crippen molar-refractivity contribution in [2.45, 2.75) is 27.4 Å².